The summed E-state index contributed by atoms with van der Waals surface area (Å²) in [7, 11) is 0. The molecule has 2 aliphatic heterocycles. The molecule has 6 rings (SSSR count). The Morgan fingerprint density at radius 3 is 2.47 bits per heavy atom. The minimum absolute atomic E-state index is 0.0286. The molecule has 176 valence electrons. The van der Waals surface area contributed by atoms with E-state index in [1.807, 2.05) is 24.3 Å². The Kier molecular flexibility index (Phi) is 4.87. The molecule has 1 N–H and O–H groups in total. The van der Waals surface area contributed by atoms with Gasteiger partial charge in [0.25, 0.3) is 11.8 Å². The maximum absolute atomic E-state index is 14.3. The zero-order valence-corrected chi connectivity index (χ0v) is 19.4. The average Bonchev–Trinajstić information content (AvgIpc) is 3.70. The molecule has 1 unspecified atom stereocenters. The van der Waals surface area contributed by atoms with E-state index in [-0.39, 0.29) is 23.5 Å². The number of amidine groups is 1. The summed E-state index contributed by atoms with van der Waals surface area (Å²) in [6.07, 6.45) is 3.37. The van der Waals surface area contributed by atoms with Gasteiger partial charge in [-0.3, -0.25) is 19.5 Å². The smallest absolute Gasteiger partial charge is 0.256 e. The van der Waals surface area contributed by atoms with Crippen LogP contribution in [0.4, 0.5) is 4.39 Å². The van der Waals surface area contributed by atoms with E-state index in [0.29, 0.717) is 48.9 Å². The lowest BCUT2D eigenvalue weighted by molar-refractivity contribution is -0.141. The lowest BCUT2D eigenvalue weighted by Crippen LogP contribution is -2.42. The highest BCUT2D eigenvalue weighted by Gasteiger charge is 2.58. The molecular formula is C26H25ClFN3O3. The maximum atomic E-state index is 14.3. The van der Waals surface area contributed by atoms with E-state index in [1.54, 1.807) is 21.9 Å². The topological polar surface area (TPSA) is 73.2 Å². The molecule has 2 aromatic rings. The second-order valence-corrected chi connectivity index (χ2v) is 10.5. The number of carbonyl (C=O) groups is 2. The van der Waals surface area contributed by atoms with E-state index in [1.165, 1.54) is 6.07 Å². The van der Waals surface area contributed by atoms with Crippen LogP contribution in [0.3, 0.4) is 0 Å². The molecule has 2 heterocycles. The van der Waals surface area contributed by atoms with E-state index in [2.05, 4.69) is 0 Å². The van der Waals surface area contributed by atoms with Crippen molar-refractivity contribution in [3.8, 4) is 11.1 Å². The second kappa shape index (κ2) is 7.62. The van der Waals surface area contributed by atoms with Gasteiger partial charge in [0.2, 0.25) is 0 Å². The maximum Gasteiger partial charge on any atom is 0.256 e. The molecule has 6 nitrogen and oxygen atoms in total. The highest BCUT2D eigenvalue weighted by atomic mass is 35.5. The van der Waals surface area contributed by atoms with Crippen LogP contribution >= 0.6 is 11.6 Å². The number of aliphatic imine (C=N–C) groups is 1. The van der Waals surface area contributed by atoms with Crippen LogP contribution in [-0.4, -0.2) is 63.3 Å². The fourth-order valence-electron chi connectivity index (χ4n) is 5.07. The number of nitrogens with zero attached hydrogens (tertiary/aromatic N) is 3. The Labute approximate surface area is 202 Å². The Bertz CT molecular complexity index is 1220. The van der Waals surface area contributed by atoms with Crippen molar-refractivity contribution < 1.29 is 19.1 Å². The van der Waals surface area contributed by atoms with Crippen LogP contribution in [0, 0.1) is 11.7 Å². The molecule has 8 heteroatoms. The predicted molar refractivity (Wildman–Crippen MR) is 126 cm³/mol. The summed E-state index contributed by atoms with van der Waals surface area (Å²) in [5.74, 6) is 0.248. The monoisotopic (exact) mass is 481 g/mol. The summed E-state index contributed by atoms with van der Waals surface area (Å²) in [4.78, 5) is 34.1. The molecule has 2 aliphatic carbocycles. The highest BCUT2D eigenvalue weighted by molar-refractivity contribution is 6.30. The first-order chi connectivity index (χ1) is 16.3. The van der Waals surface area contributed by atoms with Gasteiger partial charge >= 0.3 is 0 Å². The van der Waals surface area contributed by atoms with Gasteiger partial charge in [-0.1, -0.05) is 35.9 Å². The Hall–Kier alpha value is -2.77. The SMILES string of the molecule is O=C(N1CCC(CN2C(=O)C3(CC3)N=C2c2ccc(-c3ccc(Cl)cc3F)cc2)C1)C1(O)CC1. The standard InChI is InChI=1S/C26H25ClFN3O3/c27-19-5-6-20(21(28)13-19)17-1-3-18(4-2-17)22-29-25(8-9-25)23(32)31(22)15-16-7-12-30(14-16)24(33)26(34)10-11-26/h1-6,13,16,34H,7-12,14-15H2. The summed E-state index contributed by atoms with van der Waals surface area (Å²) < 4.78 is 14.3. The fourth-order valence-corrected chi connectivity index (χ4v) is 5.22. The van der Waals surface area contributed by atoms with Crippen LogP contribution in [0.25, 0.3) is 11.1 Å². The molecule has 4 aliphatic rings. The zero-order valence-electron chi connectivity index (χ0n) is 18.6. The van der Waals surface area contributed by atoms with Crippen LogP contribution in [0.2, 0.25) is 5.02 Å². The van der Waals surface area contributed by atoms with Crippen LogP contribution in [-0.2, 0) is 9.59 Å². The van der Waals surface area contributed by atoms with E-state index < -0.39 is 11.1 Å². The number of aliphatic hydroxyl groups is 1. The number of benzene rings is 2. The lowest BCUT2D eigenvalue weighted by atomic mass is 10.0. The van der Waals surface area contributed by atoms with E-state index in [9.17, 15) is 19.1 Å². The molecule has 2 saturated carbocycles. The largest absolute Gasteiger partial charge is 0.380 e. The first-order valence-electron chi connectivity index (χ1n) is 11.8. The molecule has 1 atom stereocenters. The van der Waals surface area contributed by atoms with Crippen molar-refractivity contribution in [3.05, 3.63) is 58.9 Å². The van der Waals surface area contributed by atoms with Gasteiger partial charge in [0.05, 0.1) is 0 Å². The van der Waals surface area contributed by atoms with Gasteiger partial charge in [-0.2, -0.15) is 0 Å². The average molecular weight is 482 g/mol. The Morgan fingerprint density at radius 1 is 1.12 bits per heavy atom. The van der Waals surface area contributed by atoms with Crippen molar-refractivity contribution in [3.63, 3.8) is 0 Å². The first kappa shape index (κ1) is 21.7. The number of rotatable bonds is 5. The third-order valence-electron chi connectivity index (χ3n) is 7.46. The van der Waals surface area contributed by atoms with Crippen LogP contribution < -0.4 is 0 Å². The van der Waals surface area contributed by atoms with Gasteiger partial charge in [0.1, 0.15) is 22.8 Å². The lowest BCUT2D eigenvalue weighted by Gasteiger charge is -2.24. The van der Waals surface area contributed by atoms with Gasteiger partial charge in [0, 0.05) is 35.8 Å². The molecule has 2 amide bonds. The first-order valence-corrected chi connectivity index (χ1v) is 12.2. The van der Waals surface area contributed by atoms with Gasteiger partial charge in [0.15, 0.2) is 0 Å². The number of hydrogen-bond acceptors (Lipinski definition) is 4. The summed E-state index contributed by atoms with van der Waals surface area (Å²) in [5.41, 5.74) is 0.206. The minimum Gasteiger partial charge on any atom is -0.380 e. The fraction of sp³-hybridized carbons (Fsp3) is 0.423. The van der Waals surface area contributed by atoms with E-state index >= 15 is 0 Å². The van der Waals surface area contributed by atoms with Crippen LogP contribution in [0.5, 0.6) is 0 Å². The van der Waals surface area contributed by atoms with Crippen molar-refractivity contribution in [1.29, 1.82) is 0 Å². The van der Waals surface area contributed by atoms with Gasteiger partial charge in [-0.15, -0.1) is 0 Å². The van der Waals surface area contributed by atoms with Gasteiger partial charge in [-0.05, 0) is 61.8 Å². The van der Waals surface area contributed by atoms with Crippen molar-refractivity contribution in [2.45, 2.75) is 43.2 Å². The molecule has 34 heavy (non-hydrogen) atoms. The summed E-state index contributed by atoms with van der Waals surface area (Å²) in [6.45, 7) is 1.64. The Morgan fingerprint density at radius 2 is 1.82 bits per heavy atom. The molecule has 0 aromatic heterocycles. The molecule has 1 saturated heterocycles. The zero-order chi connectivity index (χ0) is 23.7. The quantitative estimate of drug-likeness (QED) is 0.708. The van der Waals surface area contributed by atoms with Crippen LogP contribution in [0.1, 0.15) is 37.7 Å². The minimum atomic E-state index is -1.16. The molecule has 0 bridgehead atoms. The summed E-state index contributed by atoms with van der Waals surface area (Å²) >= 11 is 5.87. The molecular weight excluding hydrogens is 457 g/mol. The third kappa shape index (κ3) is 3.62. The molecule has 3 fully saturated rings. The highest BCUT2D eigenvalue weighted by Crippen LogP contribution is 2.46. The predicted octanol–water partition coefficient (Wildman–Crippen LogP) is 3.64. The van der Waals surface area contributed by atoms with E-state index in [4.69, 9.17) is 16.6 Å². The van der Waals surface area contributed by atoms with Crippen molar-refractivity contribution >= 4 is 29.3 Å². The summed E-state index contributed by atoms with van der Waals surface area (Å²) in [6, 6.07) is 12.0. The molecule has 0 radical (unpaired) electrons. The second-order valence-electron chi connectivity index (χ2n) is 10.0. The number of amides is 2. The van der Waals surface area contributed by atoms with Gasteiger partial charge in [-0.25, -0.2) is 4.39 Å². The number of likely N-dealkylation sites (tertiary alicyclic amines) is 1. The van der Waals surface area contributed by atoms with Crippen LogP contribution in [0.15, 0.2) is 47.5 Å². The normalized spacial score (nSPS) is 24.0. The summed E-state index contributed by atoms with van der Waals surface area (Å²) in [5, 5.41) is 10.5. The van der Waals surface area contributed by atoms with E-state index in [0.717, 1.165) is 30.4 Å². The van der Waals surface area contributed by atoms with Crippen molar-refractivity contribution in [2.75, 3.05) is 19.6 Å². The number of halogens is 2. The third-order valence-corrected chi connectivity index (χ3v) is 7.70. The molecule has 1 spiro atoms. The number of carbonyl (C=O) groups excluding carboxylic acids is 2. The Balaban J connectivity index is 1.21. The van der Waals surface area contributed by atoms with Gasteiger partial charge < -0.3 is 10.0 Å². The van der Waals surface area contributed by atoms with Crippen molar-refractivity contribution in [1.82, 2.24) is 9.80 Å². The molecule has 2 aromatic carbocycles. The number of hydrogen-bond donors (Lipinski definition) is 1. The van der Waals surface area contributed by atoms with Crippen molar-refractivity contribution in [2.24, 2.45) is 10.9 Å².